The fourth-order valence-corrected chi connectivity index (χ4v) is 23.7. The van der Waals surface area contributed by atoms with Crippen molar-refractivity contribution in [2.75, 3.05) is 0 Å². The van der Waals surface area contributed by atoms with Gasteiger partial charge in [-0.25, -0.2) is 0 Å². The molecular formula is C128H200Cl6. The molecule has 0 spiro atoms. The second-order valence-electron chi connectivity index (χ2n) is 52.1. The number of benzene rings is 8. The Morgan fingerprint density at radius 2 is 0.448 bits per heavy atom. The van der Waals surface area contributed by atoms with Crippen LogP contribution in [0.5, 0.6) is 0 Å². The van der Waals surface area contributed by atoms with Crippen LogP contribution in [-0.2, 0) is 47.7 Å². The van der Waals surface area contributed by atoms with Gasteiger partial charge in [0.15, 0.2) is 0 Å². The molecule has 0 amide bonds. The molecule has 0 N–H and O–H groups in total. The highest BCUT2D eigenvalue weighted by Crippen LogP contribution is 2.54. The number of halogens is 6. The zero-order valence-electron chi connectivity index (χ0n) is 89.7. The Labute approximate surface area is 861 Å². The van der Waals surface area contributed by atoms with Gasteiger partial charge in [0, 0.05) is 9.75 Å². The van der Waals surface area contributed by atoms with Crippen molar-refractivity contribution in [3.05, 3.63) is 303 Å². The van der Waals surface area contributed by atoms with Gasteiger partial charge >= 0.3 is 0 Å². The molecule has 0 radical (unpaired) electrons. The molecule has 6 heteroatoms. The zero-order chi connectivity index (χ0) is 99.7. The molecule has 0 aliphatic carbocycles. The highest BCUT2D eigenvalue weighted by atomic mass is 35.5. The molecule has 0 nitrogen and oxygen atoms in total. The zero-order valence-corrected chi connectivity index (χ0v) is 94.2. The van der Waals surface area contributed by atoms with E-state index in [9.17, 15) is 0 Å². The molecule has 0 heterocycles. The van der Waals surface area contributed by atoms with E-state index in [0.29, 0.717) is 11.8 Å². The molecule has 134 heavy (non-hydrogen) atoms. The molecule has 754 valence electrons. The van der Waals surface area contributed by atoms with E-state index < -0.39 is 0 Å². The van der Waals surface area contributed by atoms with Gasteiger partial charge in [0.25, 0.3) is 0 Å². The molecule has 8 aromatic rings. The largest absolute Gasteiger partial charge is 0.120 e. The van der Waals surface area contributed by atoms with Gasteiger partial charge in [-0.15, -0.1) is 76.2 Å². The first-order valence-corrected chi connectivity index (χ1v) is 51.1. The SMILES string of the molecule is C.C.C.C.C=C(C)C.C=Cc1ccccc1.CC(C)(C)c1cc(C(C)(C)Cl)cc(C(C)(C)Cl)c1.CC(C)(CC(CC(Cl)c1ccccc1)c1ccccc1)CC(C)(C)CC(C)(C)c1cc(C(C)(C)C)cc(C(C)(C)CC(C)(C)CC(C)(C)CC(CC(Cl)c2ccccc2)c2ccccc2)c1.CC(C)(Cl)CC(C)(C)CC(C)(C)c1cc(C(C)(C)C)cc(C(C)(C)CC(C)(C)CC(C)(C)Cl)c1. The fourth-order valence-electron chi connectivity index (χ4n) is 22.0. The number of rotatable bonds is 35. The molecular weight excluding hydrogens is 1750 g/mol. The first-order chi connectivity index (χ1) is 58.7. The van der Waals surface area contributed by atoms with Crippen LogP contribution < -0.4 is 0 Å². The van der Waals surface area contributed by atoms with Gasteiger partial charge in [-0.1, -0.05) is 455 Å². The summed E-state index contributed by atoms with van der Waals surface area (Å²) in [6.45, 7) is 97.7. The molecule has 0 bridgehead atoms. The molecule has 8 rings (SSSR count). The van der Waals surface area contributed by atoms with Crippen molar-refractivity contribution in [3.63, 3.8) is 0 Å². The summed E-state index contributed by atoms with van der Waals surface area (Å²) in [5.74, 6) is 0.748. The number of alkyl halides is 6. The van der Waals surface area contributed by atoms with E-state index in [0.717, 1.165) is 88.2 Å². The van der Waals surface area contributed by atoms with Crippen molar-refractivity contribution >= 4 is 75.7 Å². The maximum atomic E-state index is 7.19. The number of hydrogen-bond acceptors (Lipinski definition) is 0. The third-order valence-corrected chi connectivity index (χ3v) is 27.3. The normalized spacial score (nSPS) is 13.9. The van der Waals surface area contributed by atoms with Gasteiger partial charge < -0.3 is 0 Å². The van der Waals surface area contributed by atoms with E-state index in [2.05, 4.69) is 418 Å². The maximum Gasteiger partial charge on any atom is 0.0639 e. The molecule has 4 atom stereocenters. The lowest BCUT2D eigenvalue weighted by Crippen LogP contribution is -2.33. The molecule has 0 aliphatic rings. The van der Waals surface area contributed by atoms with E-state index in [1.54, 1.807) is 0 Å². The second-order valence-corrected chi connectivity index (χ2v) is 57.1. The predicted octanol–water partition coefficient (Wildman–Crippen LogP) is 43.9. The molecule has 8 aromatic carbocycles. The summed E-state index contributed by atoms with van der Waals surface area (Å²) in [6.07, 6.45) is 14.5. The summed E-state index contributed by atoms with van der Waals surface area (Å²) in [5, 5.41) is -0.0442. The van der Waals surface area contributed by atoms with Gasteiger partial charge in [0.05, 0.1) is 20.5 Å². The third kappa shape index (κ3) is 46.1. The Hall–Kier alpha value is -5.02. The van der Waals surface area contributed by atoms with Crippen LogP contribution in [0.1, 0.15) is 477 Å². The number of allylic oxidation sites excluding steroid dienone is 1. The first-order valence-electron chi connectivity index (χ1n) is 48.7. The average molecular weight is 1950 g/mol. The van der Waals surface area contributed by atoms with Crippen molar-refractivity contribution < 1.29 is 0 Å². The second kappa shape index (κ2) is 51.1. The third-order valence-electron chi connectivity index (χ3n) is 25.8. The van der Waals surface area contributed by atoms with E-state index >= 15 is 0 Å². The number of hydrogen-bond donors (Lipinski definition) is 0. The van der Waals surface area contributed by atoms with Crippen LogP contribution >= 0.6 is 69.6 Å². The van der Waals surface area contributed by atoms with Gasteiger partial charge in [-0.3, -0.25) is 0 Å². The molecule has 4 unspecified atom stereocenters. The monoisotopic (exact) mass is 1950 g/mol. The van der Waals surface area contributed by atoms with Crippen molar-refractivity contribution in [2.24, 2.45) is 32.5 Å². The topological polar surface area (TPSA) is 0 Å². The van der Waals surface area contributed by atoms with Crippen LogP contribution in [0, 0.1) is 32.5 Å². The highest BCUT2D eigenvalue weighted by Gasteiger charge is 2.43. The van der Waals surface area contributed by atoms with E-state index in [1.807, 2.05) is 78.0 Å². The summed E-state index contributed by atoms with van der Waals surface area (Å²) in [5.41, 5.74) is 20.8. The Kier molecular flexibility index (Phi) is 49.2. The van der Waals surface area contributed by atoms with Gasteiger partial charge in [-0.2, -0.15) is 0 Å². The van der Waals surface area contributed by atoms with Gasteiger partial charge in [-0.05, 0) is 306 Å². The molecule has 0 aliphatic heterocycles. The van der Waals surface area contributed by atoms with Crippen LogP contribution in [0.4, 0.5) is 0 Å². The summed E-state index contributed by atoms with van der Waals surface area (Å²) in [7, 11) is 0. The Morgan fingerprint density at radius 1 is 0.261 bits per heavy atom. The van der Waals surface area contributed by atoms with Crippen molar-refractivity contribution in [2.45, 2.75) is 457 Å². The Balaban J connectivity index is 0.00000214. The van der Waals surface area contributed by atoms with Gasteiger partial charge in [0.1, 0.15) is 0 Å². The van der Waals surface area contributed by atoms with Gasteiger partial charge in [0.2, 0.25) is 0 Å². The minimum atomic E-state index is -0.377. The molecule has 0 aromatic heterocycles. The smallest absolute Gasteiger partial charge is 0.0639 e. The van der Waals surface area contributed by atoms with Crippen LogP contribution in [0.15, 0.2) is 225 Å². The van der Waals surface area contributed by atoms with Crippen LogP contribution in [-0.4, -0.2) is 9.75 Å². The Bertz CT molecular complexity index is 4430. The summed E-state index contributed by atoms with van der Waals surface area (Å²) < 4.78 is 0. The molecule has 0 saturated heterocycles. The lowest BCUT2D eigenvalue weighted by atomic mass is 9.62. The van der Waals surface area contributed by atoms with E-state index in [-0.39, 0.29) is 130 Å². The fraction of sp³-hybridized carbons (Fsp3) is 0.594. The highest BCUT2D eigenvalue weighted by molar-refractivity contribution is 6.25. The minimum Gasteiger partial charge on any atom is -0.120 e. The molecule has 0 fully saturated rings. The van der Waals surface area contributed by atoms with Crippen molar-refractivity contribution in [3.8, 4) is 0 Å². The summed E-state index contributed by atoms with van der Waals surface area (Å²) >= 11 is 40.6. The summed E-state index contributed by atoms with van der Waals surface area (Å²) in [4.78, 5) is -1.14. The lowest BCUT2D eigenvalue weighted by molar-refractivity contribution is 0.136. The maximum absolute atomic E-state index is 7.19. The van der Waals surface area contributed by atoms with Crippen LogP contribution in [0.3, 0.4) is 0 Å². The van der Waals surface area contributed by atoms with E-state index in [1.165, 1.54) is 72.3 Å². The van der Waals surface area contributed by atoms with E-state index in [4.69, 9.17) is 69.6 Å². The first kappa shape index (κ1) is 129. The van der Waals surface area contributed by atoms with Crippen molar-refractivity contribution in [1.29, 1.82) is 0 Å². The molecule has 0 saturated carbocycles. The Morgan fingerprint density at radius 3 is 0.642 bits per heavy atom. The van der Waals surface area contributed by atoms with Crippen LogP contribution in [0.2, 0.25) is 0 Å². The minimum absolute atomic E-state index is 0. The van der Waals surface area contributed by atoms with Crippen molar-refractivity contribution in [1.82, 2.24) is 0 Å². The van der Waals surface area contributed by atoms with Crippen LogP contribution in [0.25, 0.3) is 6.08 Å². The summed E-state index contributed by atoms with van der Waals surface area (Å²) in [6, 6.07) is 75.1. The average Bonchev–Trinajstić information content (AvgIpc) is 0.772. The standard InChI is InChI=1S/C64H88Cl2.C32H56Cl2.C16H24Cl2.C8H8.C4H8.4CH4/c1-58(2,3)53-38-54(63(12,13)45-61(8,9)43-59(4,5)41-51(47-28-20-16-21-29-47)36-56(65)49-32-24-18-25-33-49)40-55(39-53)64(14,15)46-62(10,11)44-60(6,7)42-52(48-30-22-17-23-31-48)37-57(66)50-34-26-19-27-35-50;1-26(2,3)23-16-24(29(8,9)19-27(4,5)21-31(12,13)33)18-25(17-23)30(10,11)20-28(6,7)22-32(14,15)34;1-14(2,3)11-8-12(15(4,5)17)10-13(9-11)16(6,7)18;1-2-8-6-4-3-5-7-8;1-4(2)3;;;;/h16-35,38-40,51-52,56-57H,36-37,41-46H2,1-15H3;16-18H,19-22H2,1-15H3;8-10H,1-7H3;2-7H,1H2;1H2,2-3H3;4*1H4. The quantitative estimate of drug-likeness (QED) is 0.0274. The predicted molar refractivity (Wildman–Crippen MR) is 616 cm³/mol. The lowest BCUT2D eigenvalue weighted by Gasteiger charge is -2.43.